The third kappa shape index (κ3) is 4.10. The lowest BCUT2D eigenvalue weighted by atomic mass is 10.2. The monoisotopic (exact) mass is 378 g/mol. The summed E-state index contributed by atoms with van der Waals surface area (Å²) in [4.78, 5) is 12.4. The van der Waals surface area contributed by atoms with E-state index in [4.69, 9.17) is 4.42 Å². The summed E-state index contributed by atoms with van der Waals surface area (Å²) in [6.45, 7) is 2.46. The molecule has 0 atom stereocenters. The molecule has 1 aliphatic rings. The number of hydrogen-bond donors (Lipinski definition) is 1. The van der Waals surface area contributed by atoms with Gasteiger partial charge in [0, 0.05) is 25.1 Å². The van der Waals surface area contributed by atoms with Crippen molar-refractivity contribution in [2.75, 3.05) is 18.9 Å². The Balaban J connectivity index is 1.66. The second kappa shape index (κ2) is 7.55. The molecular weight excluding hydrogens is 356 g/mol. The molecule has 1 fully saturated rings. The largest absolute Gasteiger partial charge is 0.408 e. The zero-order valence-electron chi connectivity index (χ0n) is 14.8. The van der Waals surface area contributed by atoms with Crippen molar-refractivity contribution in [1.82, 2.24) is 14.5 Å². The van der Waals surface area contributed by atoms with Crippen molar-refractivity contribution in [3.63, 3.8) is 0 Å². The Hall–Kier alpha value is -2.26. The van der Waals surface area contributed by atoms with Crippen LogP contribution in [-0.2, 0) is 10.0 Å². The zero-order chi connectivity index (χ0) is 18.7. The fourth-order valence-corrected chi connectivity index (χ4v) is 3.62. The van der Waals surface area contributed by atoms with Crippen LogP contribution in [0.1, 0.15) is 54.8 Å². The van der Waals surface area contributed by atoms with Crippen molar-refractivity contribution < 1.29 is 17.6 Å². The smallest absolute Gasteiger partial charge is 0.322 e. The van der Waals surface area contributed by atoms with Gasteiger partial charge in [0.05, 0.1) is 4.90 Å². The highest BCUT2D eigenvalue weighted by Crippen LogP contribution is 2.39. The summed E-state index contributed by atoms with van der Waals surface area (Å²) in [6, 6.07) is 5.84. The minimum Gasteiger partial charge on any atom is -0.408 e. The molecule has 1 aromatic carbocycles. The Bertz CT molecular complexity index is 872. The molecule has 3 rings (SSSR count). The number of anilines is 1. The van der Waals surface area contributed by atoms with Crippen molar-refractivity contribution in [2.45, 2.75) is 43.4 Å². The summed E-state index contributed by atoms with van der Waals surface area (Å²) in [6.07, 6.45) is 3.76. The molecule has 1 amide bonds. The van der Waals surface area contributed by atoms with Crippen LogP contribution in [0.3, 0.4) is 0 Å². The van der Waals surface area contributed by atoms with E-state index in [0.717, 1.165) is 25.7 Å². The van der Waals surface area contributed by atoms with E-state index in [1.807, 2.05) is 6.92 Å². The molecule has 1 N–H and O–H groups in total. The molecule has 26 heavy (non-hydrogen) atoms. The predicted molar refractivity (Wildman–Crippen MR) is 95.4 cm³/mol. The number of carbonyl (C=O) groups is 1. The first-order valence-electron chi connectivity index (χ1n) is 8.63. The van der Waals surface area contributed by atoms with Gasteiger partial charge in [0.2, 0.25) is 15.9 Å². The lowest BCUT2D eigenvalue weighted by Crippen LogP contribution is -2.28. The van der Waals surface area contributed by atoms with Crippen LogP contribution in [0.25, 0.3) is 0 Å². The number of nitrogens with one attached hydrogen (secondary N) is 1. The number of aromatic nitrogens is 2. The van der Waals surface area contributed by atoms with Gasteiger partial charge in [0.15, 0.2) is 0 Å². The van der Waals surface area contributed by atoms with Crippen LogP contribution >= 0.6 is 0 Å². The summed E-state index contributed by atoms with van der Waals surface area (Å²) in [7, 11) is -2.00. The van der Waals surface area contributed by atoms with Crippen LogP contribution < -0.4 is 5.32 Å². The summed E-state index contributed by atoms with van der Waals surface area (Å²) >= 11 is 0. The lowest BCUT2D eigenvalue weighted by Gasteiger charge is -2.16. The molecule has 2 aromatic rings. The topological polar surface area (TPSA) is 105 Å². The number of nitrogens with zero attached hydrogens (tertiary/aromatic N) is 3. The van der Waals surface area contributed by atoms with E-state index >= 15 is 0 Å². The first-order chi connectivity index (χ1) is 12.4. The maximum Gasteiger partial charge on any atom is 0.322 e. The second-order valence-electron chi connectivity index (χ2n) is 6.38. The highest BCUT2D eigenvalue weighted by Gasteiger charge is 2.29. The highest BCUT2D eigenvalue weighted by molar-refractivity contribution is 7.89. The second-order valence-corrected chi connectivity index (χ2v) is 8.42. The quantitative estimate of drug-likeness (QED) is 0.757. The summed E-state index contributed by atoms with van der Waals surface area (Å²) in [5.74, 6) is 0.415. The van der Waals surface area contributed by atoms with E-state index in [2.05, 4.69) is 15.5 Å². The van der Waals surface area contributed by atoms with Gasteiger partial charge in [-0.15, -0.1) is 5.10 Å². The molecule has 0 bridgehead atoms. The molecule has 0 saturated heterocycles. The molecule has 0 spiro atoms. The summed E-state index contributed by atoms with van der Waals surface area (Å²) in [5.41, 5.74) is 0.311. The standard InChI is InChI=1S/C17H22N4O4S/c1-3-4-11-21(2)26(23,24)14-9-7-12(8-10-14)15(22)18-17-20-19-16(25-17)13-5-6-13/h7-10,13H,3-6,11H2,1-2H3,(H,18,20,22). The third-order valence-electron chi connectivity index (χ3n) is 4.24. The van der Waals surface area contributed by atoms with Crippen LogP contribution in [-0.4, -0.2) is 42.4 Å². The first kappa shape index (κ1) is 18.5. The van der Waals surface area contributed by atoms with E-state index in [-0.39, 0.29) is 10.9 Å². The molecule has 9 heteroatoms. The molecule has 0 unspecified atom stereocenters. The van der Waals surface area contributed by atoms with Gasteiger partial charge in [-0.2, -0.15) is 0 Å². The van der Waals surface area contributed by atoms with Gasteiger partial charge >= 0.3 is 6.01 Å². The Morgan fingerprint density at radius 2 is 1.96 bits per heavy atom. The third-order valence-corrected chi connectivity index (χ3v) is 6.11. The van der Waals surface area contributed by atoms with Crippen molar-refractivity contribution in [1.29, 1.82) is 0 Å². The predicted octanol–water partition coefficient (Wildman–Crippen LogP) is 2.62. The Labute approximate surface area is 152 Å². The van der Waals surface area contributed by atoms with Crippen LogP contribution in [0.2, 0.25) is 0 Å². The molecule has 1 heterocycles. The first-order valence-corrected chi connectivity index (χ1v) is 10.1. The average molecular weight is 378 g/mol. The maximum atomic E-state index is 12.5. The van der Waals surface area contributed by atoms with Crippen molar-refractivity contribution in [3.8, 4) is 0 Å². The molecule has 1 saturated carbocycles. The summed E-state index contributed by atoms with van der Waals surface area (Å²) in [5, 5.41) is 10.2. The van der Waals surface area contributed by atoms with E-state index in [9.17, 15) is 13.2 Å². The number of hydrogen-bond acceptors (Lipinski definition) is 6. The molecule has 0 radical (unpaired) electrons. The van der Waals surface area contributed by atoms with E-state index in [0.29, 0.717) is 23.9 Å². The van der Waals surface area contributed by atoms with Crippen LogP contribution in [0.15, 0.2) is 33.6 Å². The van der Waals surface area contributed by atoms with E-state index in [1.165, 1.54) is 28.6 Å². The number of amides is 1. The average Bonchev–Trinajstić information content (AvgIpc) is 3.39. The van der Waals surface area contributed by atoms with E-state index in [1.54, 1.807) is 7.05 Å². The van der Waals surface area contributed by atoms with Gasteiger partial charge in [-0.1, -0.05) is 18.4 Å². The number of unbranched alkanes of at least 4 members (excludes halogenated alkanes) is 1. The zero-order valence-corrected chi connectivity index (χ0v) is 15.6. The molecule has 8 nitrogen and oxygen atoms in total. The fraction of sp³-hybridized carbons (Fsp3) is 0.471. The van der Waals surface area contributed by atoms with Gasteiger partial charge in [0.25, 0.3) is 5.91 Å². The van der Waals surface area contributed by atoms with Gasteiger partial charge in [-0.25, -0.2) is 12.7 Å². The summed E-state index contributed by atoms with van der Waals surface area (Å²) < 4.78 is 31.7. The van der Waals surface area contributed by atoms with Crippen LogP contribution in [0.4, 0.5) is 6.01 Å². The molecule has 0 aliphatic heterocycles. The van der Waals surface area contributed by atoms with Gasteiger partial charge in [0.1, 0.15) is 0 Å². The minimum atomic E-state index is -3.55. The fourth-order valence-electron chi connectivity index (χ4n) is 2.41. The number of carbonyl (C=O) groups excluding carboxylic acids is 1. The number of sulfonamides is 1. The Morgan fingerprint density at radius 1 is 1.27 bits per heavy atom. The molecule has 140 valence electrons. The number of rotatable bonds is 8. The van der Waals surface area contributed by atoms with Crippen molar-refractivity contribution >= 4 is 21.9 Å². The van der Waals surface area contributed by atoms with Crippen LogP contribution in [0, 0.1) is 0 Å². The van der Waals surface area contributed by atoms with Crippen molar-refractivity contribution in [2.24, 2.45) is 0 Å². The molecule has 1 aromatic heterocycles. The Kier molecular flexibility index (Phi) is 5.38. The van der Waals surface area contributed by atoms with Crippen molar-refractivity contribution in [3.05, 3.63) is 35.7 Å². The highest BCUT2D eigenvalue weighted by atomic mass is 32.2. The van der Waals surface area contributed by atoms with Gasteiger partial charge in [-0.05, 0) is 43.5 Å². The minimum absolute atomic E-state index is 0.0490. The van der Waals surface area contributed by atoms with E-state index < -0.39 is 15.9 Å². The lowest BCUT2D eigenvalue weighted by molar-refractivity contribution is 0.102. The Morgan fingerprint density at radius 3 is 2.58 bits per heavy atom. The maximum absolute atomic E-state index is 12.5. The molecular formula is C17H22N4O4S. The normalized spacial score (nSPS) is 14.6. The van der Waals surface area contributed by atoms with Gasteiger partial charge in [-0.3, -0.25) is 10.1 Å². The van der Waals surface area contributed by atoms with Gasteiger partial charge < -0.3 is 4.42 Å². The molecule has 1 aliphatic carbocycles. The van der Waals surface area contributed by atoms with Crippen LogP contribution in [0.5, 0.6) is 0 Å². The number of benzene rings is 1. The SMILES string of the molecule is CCCCN(C)S(=O)(=O)c1ccc(C(=O)Nc2nnc(C3CC3)o2)cc1.